The molecule has 2 saturated heterocycles. The Bertz CT molecular complexity index is 681. The quantitative estimate of drug-likeness (QED) is 0.789. The molecular formula is C16H22ClFN2O2S2. The average Bonchev–Trinajstić information content (AvgIpc) is 2.94. The van der Waals surface area contributed by atoms with Gasteiger partial charge in [0.15, 0.2) is 0 Å². The van der Waals surface area contributed by atoms with E-state index in [0.717, 1.165) is 43.6 Å². The standard InChI is InChI=1S/C16H22ClFN2O2S2/c17-15-10-14(4-5-16(15)18)24(21,22)20-8-3-9-23-12-13(20)11-19-6-1-2-7-19/h4-5,10,13H,1-3,6-9,11-12H2/t13-/m0/s1. The molecule has 1 atom stereocenters. The molecule has 3 rings (SSSR count). The summed E-state index contributed by atoms with van der Waals surface area (Å²) in [4.78, 5) is 2.42. The summed E-state index contributed by atoms with van der Waals surface area (Å²) in [6, 6.07) is 3.60. The van der Waals surface area contributed by atoms with E-state index in [1.807, 2.05) is 11.8 Å². The zero-order chi connectivity index (χ0) is 17.2. The Labute approximate surface area is 152 Å². The highest BCUT2D eigenvalue weighted by Gasteiger charge is 2.34. The van der Waals surface area contributed by atoms with E-state index in [-0.39, 0.29) is 16.0 Å². The van der Waals surface area contributed by atoms with Crippen molar-refractivity contribution in [2.45, 2.75) is 30.2 Å². The van der Waals surface area contributed by atoms with E-state index in [2.05, 4.69) is 4.90 Å². The minimum absolute atomic E-state index is 0.0515. The molecule has 134 valence electrons. The molecule has 0 bridgehead atoms. The first kappa shape index (κ1) is 18.5. The van der Waals surface area contributed by atoms with Crippen molar-refractivity contribution < 1.29 is 12.8 Å². The summed E-state index contributed by atoms with van der Waals surface area (Å²) in [5, 5.41) is -0.156. The predicted octanol–water partition coefficient (Wildman–Crippen LogP) is 3.07. The second-order valence-corrected chi connectivity index (χ2v) is 9.73. The number of sulfonamides is 1. The van der Waals surface area contributed by atoms with Gasteiger partial charge in [0, 0.05) is 24.9 Å². The normalized spacial score (nSPS) is 24.2. The third kappa shape index (κ3) is 4.07. The molecule has 0 saturated carbocycles. The fourth-order valence-electron chi connectivity index (χ4n) is 3.30. The maximum atomic E-state index is 13.4. The van der Waals surface area contributed by atoms with Crippen LogP contribution in [-0.4, -0.2) is 61.3 Å². The molecule has 0 N–H and O–H groups in total. The van der Waals surface area contributed by atoms with Crippen molar-refractivity contribution in [3.63, 3.8) is 0 Å². The van der Waals surface area contributed by atoms with E-state index in [1.54, 1.807) is 4.31 Å². The van der Waals surface area contributed by atoms with Crippen LogP contribution in [0.25, 0.3) is 0 Å². The van der Waals surface area contributed by atoms with Crippen LogP contribution in [0.2, 0.25) is 5.02 Å². The van der Waals surface area contributed by atoms with Gasteiger partial charge in [0.2, 0.25) is 10.0 Å². The maximum Gasteiger partial charge on any atom is 0.243 e. The fraction of sp³-hybridized carbons (Fsp3) is 0.625. The zero-order valence-corrected chi connectivity index (χ0v) is 15.8. The van der Waals surface area contributed by atoms with Gasteiger partial charge in [-0.15, -0.1) is 0 Å². The largest absolute Gasteiger partial charge is 0.302 e. The van der Waals surface area contributed by atoms with Crippen LogP contribution >= 0.6 is 23.4 Å². The summed E-state index contributed by atoms with van der Waals surface area (Å²) in [7, 11) is -3.67. The van der Waals surface area contributed by atoms with Crippen LogP contribution in [0.3, 0.4) is 0 Å². The number of nitrogens with zero attached hydrogens (tertiary/aromatic N) is 2. The van der Waals surface area contributed by atoms with Gasteiger partial charge in [-0.3, -0.25) is 0 Å². The van der Waals surface area contributed by atoms with Gasteiger partial charge in [-0.2, -0.15) is 16.1 Å². The van der Waals surface area contributed by atoms with Crippen LogP contribution in [0, 0.1) is 5.82 Å². The molecule has 1 aromatic rings. The molecule has 0 aromatic heterocycles. The molecule has 24 heavy (non-hydrogen) atoms. The lowest BCUT2D eigenvalue weighted by molar-refractivity contribution is 0.243. The Morgan fingerprint density at radius 3 is 2.67 bits per heavy atom. The first-order chi connectivity index (χ1) is 11.5. The number of thioether (sulfide) groups is 1. The van der Waals surface area contributed by atoms with Crippen LogP contribution in [0.5, 0.6) is 0 Å². The lowest BCUT2D eigenvalue weighted by Crippen LogP contribution is -2.47. The third-order valence-corrected chi connectivity index (χ3v) is 7.99. The average molecular weight is 393 g/mol. The van der Waals surface area contributed by atoms with Crippen molar-refractivity contribution in [1.82, 2.24) is 9.21 Å². The number of benzene rings is 1. The highest BCUT2D eigenvalue weighted by molar-refractivity contribution is 7.99. The van der Waals surface area contributed by atoms with Crippen molar-refractivity contribution in [3.8, 4) is 0 Å². The first-order valence-electron chi connectivity index (χ1n) is 8.25. The van der Waals surface area contributed by atoms with Gasteiger partial charge in [0.05, 0.1) is 9.92 Å². The Morgan fingerprint density at radius 1 is 1.21 bits per heavy atom. The zero-order valence-electron chi connectivity index (χ0n) is 13.5. The first-order valence-corrected chi connectivity index (χ1v) is 11.2. The summed E-state index contributed by atoms with van der Waals surface area (Å²) in [6.45, 7) is 3.35. The molecule has 2 aliphatic heterocycles. The Hall–Kier alpha value is -0.340. The molecule has 0 spiro atoms. The minimum atomic E-state index is -3.67. The monoisotopic (exact) mass is 392 g/mol. The summed E-state index contributed by atoms with van der Waals surface area (Å²) >= 11 is 7.60. The second kappa shape index (κ2) is 7.91. The van der Waals surface area contributed by atoms with Crippen LogP contribution in [-0.2, 0) is 10.0 Å². The van der Waals surface area contributed by atoms with Crippen molar-refractivity contribution in [2.24, 2.45) is 0 Å². The fourth-order valence-corrected chi connectivity index (χ4v) is 6.38. The molecule has 4 nitrogen and oxygen atoms in total. The Balaban J connectivity index is 1.87. The summed E-state index contributed by atoms with van der Waals surface area (Å²) in [5.74, 6) is 1.16. The van der Waals surface area contributed by atoms with Crippen LogP contribution in [0.1, 0.15) is 19.3 Å². The van der Waals surface area contributed by atoms with E-state index in [0.29, 0.717) is 6.54 Å². The Kier molecular flexibility index (Phi) is 6.08. The molecule has 8 heteroatoms. The lowest BCUT2D eigenvalue weighted by atomic mass is 10.3. The molecule has 2 aliphatic rings. The van der Waals surface area contributed by atoms with Gasteiger partial charge < -0.3 is 4.90 Å². The molecule has 0 unspecified atom stereocenters. The van der Waals surface area contributed by atoms with Crippen LogP contribution in [0.4, 0.5) is 4.39 Å². The van der Waals surface area contributed by atoms with Crippen LogP contribution in [0.15, 0.2) is 23.1 Å². The van der Waals surface area contributed by atoms with E-state index < -0.39 is 15.8 Å². The number of hydrogen-bond acceptors (Lipinski definition) is 4. The molecule has 0 radical (unpaired) electrons. The van der Waals surface area contributed by atoms with E-state index in [9.17, 15) is 12.8 Å². The maximum absolute atomic E-state index is 13.4. The highest BCUT2D eigenvalue weighted by atomic mass is 35.5. The minimum Gasteiger partial charge on any atom is -0.302 e. The van der Waals surface area contributed by atoms with Gasteiger partial charge in [-0.25, -0.2) is 12.8 Å². The van der Waals surface area contributed by atoms with E-state index >= 15 is 0 Å². The van der Waals surface area contributed by atoms with Crippen molar-refractivity contribution in [2.75, 3.05) is 37.7 Å². The predicted molar refractivity (Wildman–Crippen MR) is 96.7 cm³/mol. The Morgan fingerprint density at radius 2 is 1.96 bits per heavy atom. The summed E-state index contributed by atoms with van der Waals surface area (Å²) in [6.07, 6.45) is 3.19. The number of hydrogen-bond donors (Lipinski definition) is 0. The van der Waals surface area contributed by atoms with E-state index in [1.165, 1.54) is 25.0 Å². The van der Waals surface area contributed by atoms with Gasteiger partial charge in [-0.1, -0.05) is 11.6 Å². The van der Waals surface area contributed by atoms with Crippen molar-refractivity contribution in [1.29, 1.82) is 0 Å². The topological polar surface area (TPSA) is 40.6 Å². The molecule has 0 aliphatic carbocycles. The van der Waals surface area contributed by atoms with E-state index in [4.69, 9.17) is 11.6 Å². The SMILES string of the molecule is O=S(=O)(c1ccc(F)c(Cl)c1)N1CCCSC[C@@H]1CN1CCCC1. The molecule has 2 heterocycles. The highest BCUT2D eigenvalue weighted by Crippen LogP contribution is 2.27. The molecule has 2 fully saturated rings. The van der Waals surface area contributed by atoms with Gasteiger partial charge >= 0.3 is 0 Å². The third-order valence-electron chi connectivity index (χ3n) is 4.55. The second-order valence-electron chi connectivity index (χ2n) is 6.28. The molecular weight excluding hydrogens is 371 g/mol. The summed E-state index contributed by atoms with van der Waals surface area (Å²) < 4.78 is 41.2. The van der Waals surface area contributed by atoms with Gasteiger partial charge in [0.1, 0.15) is 5.82 Å². The number of halogens is 2. The molecule has 1 aromatic carbocycles. The number of rotatable bonds is 4. The lowest BCUT2D eigenvalue weighted by Gasteiger charge is -2.31. The number of likely N-dealkylation sites (tertiary alicyclic amines) is 1. The molecule has 0 amide bonds. The summed E-state index contributed by atoms with van der Waals surface area (Å²) in [5.41, 5.74) is 0. The van der Waals surface area contributed by atoms with Crippen LogP contribution < -0.4 is 0 Å². The van der Waals surface area contributed by atoms with Gasteiger partial charge in [-0.05, 0) is 56.3 Å². The van der Waals surface area contributed by atoms with Crippen molar-refractivity contribution in [3.05, 3.63) is 29.0 Å². The van der Waals surface area contributed by atoms with Crippen molar-refractivity contribution >= 4 is 33.4 Å². The van der Waals surface area contributed by atoms with Gasteiger partial charge in [0.25, 0.3) is 0 Å². The smallest absolute Gasteiger partial charge is 0.243 e.